The van der Waals surface area contributed by atoms with Gasteiger partial charge in [0.25, 0.3) is 0 Å². The van der Waals surface area contributed by atoms with E-state index in [2.05, 4.69) is 80.7 Å². The van der Waals surface area contributed by atoms with E-state index in [9.17, 15) is 0 Å². The summed E-state index contributed by atoms with van der Waals surface area (Å²) in [4.78, 5) is 7.25. The predicted molar refractivity (Wildman–Crippen MR) is 117 cm³/mol. The maximum Gasteiger partial charge on any atom is 0.142 e. The van der Waals surface area contributed by atoms with Crippen molar-refractivity contribution in [2.75, 3.05) is 81.7 Å². The molecule has 2 aromatic carbocycles. The second kappa shape index (κ2) is 8.71. The number of nitrogens with zero attached hydrogens (tertiary/aromatic N) is 4. The van der Waals surface area contributed by atoms with E-state index in [4.69, 9.17) is 4.74 Å². The third-order valence-electron chi connectivity index (χ3n) is 5.71. The molecule has 1 N–H and O–H groups in total. The fourth-order valence-electron chi connectivity index (χ4n) is 3.95. The summed E-state index contributed by atoms with van der Waals surface area (Å²) in [6, 6.07) is 17.1. The molecule has 0 bridgehead atoms. The third kappa shape index (κ3) is 4.34. The number of para-hydroxylation sites is 1. The van der Waals surface area contributed by atoms with Crippen LogP contribution in [0.5, 0.6) is 5.75 Å². The molecule has 2 saturated heterocycles. The number of hydrogen-bond acceptors (Lipinski definition) is 6. The minimum atomic E-state index is 0.948. The molecule has 0 atom stereocenters. The highest BCUT2D eigenvalue weighted by Crippen LogP contribution is 2.32. The van der Waals surface area contributed by atoms with E-state index in [1.165, 1.54) is 11.4 Å². The lowest BCUT2D eigenvalue weighted by Crippen LogP contribution is -2.48. The van der Waals surface area contributed by atoms with Crippen molar-refractivity contribution >= 4 is 17.1 Å². The van der Waals surface area contributed by atoms with Crippen LogP contribution in [0.3, 0.4) is 0 Å². The molecule has 0 aliphatic carbocycles. The van der Waals surface area contributed by atoms with Gasteiger partial charge in [0, 0.05) is 58.0 Å². The van der Waals surface area contributed by atoms with E-state index >= 15 is 0 Å². The highest BCUT2D eigenvalue weighted by molar-refractivity contribution is 5.66. The van der Waals surface area contributed by atoms with Crippen molar-refractivity contribution in [3.8, 4) is 5.75 Å². The summed E-state index contributed by atoms with van der Waals surface area (Å²) in [5.41, 5.74) is 7.23. The van der Waals surface area contributed by atoms with Crippen LogP contribution in [0.25, 0.3) is 0 Å². The van der Waals surface area contributed by atoms with E-state index in [0.29, 0.717) is 0 Å². The Morgan fingerprint density at radius 3 is 2.14 bits per heavy atom. The first-order valence-electron chi connectivity index (χ1n) is 10.2. The summed E-state index contributed by atoms with van der Waals surface area (Å²) < 4.78 is 5.63. The van der Waals surface area contributed by atoms with Crippen molar-refractivity contribution in [2.24, 2.45) is 0 Å². The Bertz CT molecular complexity index is 753. The molecule has 150 valence electrons. The molecule has 4 rings (SSSR count). The van der Waals surface area contributed by atoms with Gasteiger partial charge in [-0.1, -0.05) is 18.2 Å². The molecule has 2 aliphatic heterocycles. The topological polar surface area (TPSA) is 34.2 Å². The number of piperazine rings is 2. The van der Waals surface area contributed by atoms with Crippen molar-refractivity contribution < 1.29 is 4.74 Å². The second-order valence-electron chi connectivity index (χ2n) is 7.60. The molecule has 28 heavy (non-hydrogen) atoms. The normalized spacial score (nSPS) is 18.9. The van der Waals surface area contributed by atoms with Crippen molar-refractivity contribution in [3.05, 3.63) is 48.5 Å². The quantitative estimate of drug-likeness (QED) is 0.858. The first-order chi connectivity index (χ1) is 13.7. The first-order valence-corrected chi connectivity index (χ1v) is 10.2. The van der Waals surface area contributed by atoms with Gasteiger partial charge in [0.05, 0.1) is 18.5 Å². The van der Waals surface area contributed by atoms with Gasteiger partial charge in [-0.2, -0.15) is 0 Å². The van der Waals surface area contributed by atoms with Crippen LogP contribution in [0.15, 0.2) is 48.5 Å². The molecule has 0 unspecified atom stereocenters. The number of hydrogen-bond donors (Lipinski definition) is 1. The number of anilines is 3. The van der Waals surface area contributed by atoms with Crippen LogP contribution in [-0.2, 0) is 0 Å². The van der Waals surface area contributed by atoms with E-state index < -0.39 is 0 Å². The molecule has 0 radical (unpaired) electrons. The monoisotopic (exact) mass is 381 g/mol. The number of benzene rings is 2. The lowest BCUT2D eigenvalue weighted by molar-refractivity contribution is 0.307. The van der Waals surface area contributed by atoms with Gasteiger partial charge in [0.2, 0.25) is 0 Å². The Kier molecular flexibility index (Phi) is 5.88. The molecule has 0 saturated carbocycles. The van der Waals surface area contributed by atoms with Crippen LogP contribution in [0, 0.1) is 0 Å². The lowest BCUT2D eigenvalue weighted by atomic mass is 10.2. The van der Waals surface area contributed by atoms with Crippen molar-refractivity contribution in [3.63, 3.8) is 0 Å². The number of likely N-dealkylation sites (N-methyl/N-ethyl adjacent to an activating group) is 1. The molecule has 0 amide bonds. The minimum absolute atomic E-state index is 0.948. The Morgan fingerprint density at radius 2 is 1.46 bits per heavy atom. The van der Waals surface area contributed by atoms with E-state index in [1.807, 2.05) is 0 Å². The predicted octanol–water partition coefficient (Wildman–Crippen LogP) is 2.60. The van der Waals surface area contributed by atoms with Gasteiger partial charge in [0.15, 0.2) is 0 Å². The number of rotatable bonds is 5. The van der Waals surface area contributed by atoms with Crippen molar-refractivity contribution in [1.29, 1.82) is 0 Å². The van der Waals surface area contributed by atoms with Crippen LogP contribution in [-0.4, -0.2) is 76.4 Å². The number of ether oxygens (including phenoxy) is 1. The van der Waals surface area contributed by atoms with E-state index in [-0.39, 0.29) is 0 Å². The molecule has 2 heterocycles. The minimum Gasteiger partial charge on any atom is -0.495 e. The summed E-state index contributed by atoms with van der Waals surface area (Å²) in [6.45, 7) is 8.27. The Hall–Kier alpha value is -2.44. The zero-order valence-electron chi connectivity index (χ0n) is 17.0. The Morgan fingerprint density at radius 1 is 0.786 bits per heavy atom. The molecule has 2 aromatic rings. The Balaban J connectivity index is 1.39. The summed E-state index contributed by atoms with van der Waals surface area (Å²) in [6.07, 6.45) is 0. The van der Waals surface area contributed by atoms with Gasteiger partial charge in [0.1, 0.15) is 5.75 Å². The summed E-state index contributed by atoms with van der Waals surface area (Å²) in [7, 11) is 3.94. The first kappa shape index (κ1) is 18.9. The standard InChI is InChI=1S/C22H31N5O/c1-24-10-12-26(13-11-24)21-18-19(8-9-22(21)28-2)23-27-16-14-25(15-17-27)20-6-4-3-5-7-20/h3-9,18,23H,10-17H2,1-2H3. The zero-order chi connectivity index (χ0) is 19.3. The van der Waals surface area contributed by atoms with Gasteiger partial charge in [-0.3, -0.25) is 0 Å². The number of hydrazine groups is 1. The fraction of sp³-hybridized carbons (Fsp3) is 0.455. The smallest absolute Gasteiger partial charge is 0.142 e. The van der Waals surface area contributed by atoms with E-state index in [1.54, 1.807) is 7.11 Å². The van der Waals surface area contributed by atoms with Crippen molar-refractivity contribution in [2.45, 2.75) is 0 Å². The van der Waals surface area contributed by atoms with Gasteiger partial charge >= 0.3 is 0 Å². The largest absolute Gasteiger partial charge is 0.495 e. The zero-order valence-corrected chi connectivity index (χ0v) is 17.0. The second-order valence-corrected chi connectivity index (χ2v) is 7.60. The molecule has 0 aromatic heterocycles. The molecule has 2 fully saturated rings. The highest BCUT2D eigenvalue weighted by atomic mass is 16.5. The average Bonchev–Trinajstić information content (AvgIpc) is 2.75. The molecular formula is C22H31N5O. The average molecular weight is 382 g/mol. The SMILES string of the molecule is COc1ccc(NN2CCN(c3ccccc3)CC2)cc1N1CCN(C)CC1. The maximum absolute atomic E-state index is 5.63. The Labute approximate surface area is 168 Å². The van der Waals surface area contributed by atoms with Crippen LogP contribution in [0.4, 0.5) is 17.1 Å². The maximum atomic E-state index is 5.63. The third-order valence-corrected chi connectivity index (χ3v) is 5.71. The lowest BCUT2D eigenvalue weighted by Gasteiger charge is -2.37. The molecule has 2 aliphatic rings. The molecular weight excluding hydrogens is 350 g/mol. The van der Waals surface area contributed by atoms with Crippen molar-refractivity contribution in [1.82, 2.24) is 9.91 Å². The van der Waals surface area contributed by atoms with Gasteiger partial charge in [-0.25, -0.2) is 5.01 Å². The number of methoxy groups -OCH3 is 1. The molecule has 6 heteroatoms. The van der Waals surface area contributed by atoms with Gasteiger partial charge in [-0.05, 0) is 37.4 Å². The van der Waals surface area contributed by atoms with Crippen LogP contribution < -0.4 is 20.0 Å². The van der Waals surface area contributed by atoms with Crippen LogP contribution in [0.2, 0.25) is 0 Å². The van der Waals surface area contributed by atoms with Crippen LogP contribution in [0.1, 0.15) is 0 Å². The van der Waals surface area contributed by atoms with Crippen LogP contribution >= 0.6 is 0 Å². The highest BCUT2D eigenvalue weighted by Gasteiger charge is 2.20. The molecule has 0 spiro atoms. The van der Waals surface area contributed by atoms with Gasteiger partial charge < -0.3 is 24.9 Å². The van der Waals surface area contributed by atoms with E-state index in [0.717, 1.165) is 63.8 Å². The summed E-state index contributed by atoms with van der Waals surface area (Å²) in [5, 5.41) is 2.31. The van der Waals surface area contributed by atoms with Gasteiger partial charge in [-0.15, -0.1) is 0 Å². The summed E-state index contributed by atoms with van der Waals surface area (Å²) >= 11 is 0. The summed E-state index contributed by atoms with van der Waals surface area (Å²) in [5.74, 6) is 0.948. The molecule has 6 nitrogen and oxygen atoms in total. The number of nitrogens with one attached hydrogen (secondary N) is 1. The fourth-order valence-corrected chi connectivity index (χ4v) is 3.95.